The summed E-state index contributed by atoms with van der Waals surface area (Å²) in [5.41, 5.74) is 2.42. The molecule has 1 N–H and O–H groups in total. The van der Waals surface area contributed by atoms with Crippen molar-refractivity contribution < 1.29 is 4.74 Å². The van der Waals surface area contributed by atoms with Gasteiger partial charge in [0, 0.05) is 18.3 Å². The number of H-pyrrole nitrogens is 1. The number of aromatic nitrogens is 4. The molecular formula is C18H14N4O2. The molecule has 0 unspecified atom stereocenters. The first-order valence-electron chi connectivity index (χ1n) is 7.50. The van der Waals surface area contributed by atoms with Crippen molar-refractivity contribution in [3.63, 3.8) is 0 Å². The topological polar surface area (TPSA) is 72.3 Å². The van der Waals surface area contributed by atoms with Crippen LogP contribution in [0.3, 0.4) is 0 Å². The largest absolute Gasteiger partial charge is 0.487 e. The monoisotopic (exact) mass is 318 g/mol. The Morgan fingerprint density at radius 1 is 1.04 bits per heavy atom. The molecule has 0 atom stereocenters. The van der Waals surface area contributed by atoms with Gasteiger partial charge in [-0.25, -0.2) is 9.50 Å². The summed E-state index contributed by atoms with van der Waals surface area (Å²) in [6.07, 6.45) is 1.70. The number of para-hydroxylation sites is 1. The first-order valence-corrected chi connectivity index (χ1v) is 7.50. The van der Waals surface area contributed by atoms with Gasteiger partial charge in [-0.05, 0) is 24.3 Å². The maximum absolute atomic E-state index is 12.3. The average Bonchev–Trinajstić information content (AvgIpc) is 3.06. The lowest BCUT2D eigenvalue weighted by atomic mass is 10.3. The summed E-state index contributed by atoms with van der Waals surface area (Å²) in [5.74, 6) is 0.739. The van der Waals surface area contributed by atoms with Gasteiger partial charge in [0.15, 0.2) is 5.65 Å². The Kier molecular flexibility index (Phi) is 3.55. The highest BCUT2D eigenvalue weighted by molar-refractivity contribution is 5.60. The standard InChI is InChI=1S/C18H14N4O2/c23-18-10-13(12-24-14-6-2-1-3-7-14)20-17-11-16(21-22(17)18)15-8-4-5-9-19-15/h1-11,21H,12H2. The molecule has 0 aliphatic heterocycles. The first-order chi connectivity index (χ1) is 11.8. The smallest absolute Gasteiger partial charge is 0.273 e. The maximum atomic E-state index is 12.3. The summed E-state index contributed by atoms with van der Waals surface area (Å²) in [6, 6.07) is 18.3. The third-order valence-corrected chi connectivity index (χ3v) is 3.57. The van der Waals surface area contributed by atoms with Gasteiger partial charge in [-0.2, -0.15) is 0 Å². The van der Waals surface area contributed by atoms with Gasteiger partial charge < -0.3 is 4.74 Å². The second-order valence-electron chi connectivity index (χ2n) is 5.27. The fraction of sp³-hybridized carbons (Fsp3) is 0.0556. The summed E-state index contributed by atoms with van der Waals surface area (Å²) in [5, 5.41) is 3.02. The zero-order valence-corrected chi connectivity index (χ0v) is 12.7. The van der Waals surface area contributed by atoms with E-state index in [2.05, 4.69) is 15.1 Å². The Balaban J connectivity index is 1.66. The van der Waals surface area contributed by atoms with E-state index in [9.17, 15) is 4.79 Å². The average molecular weight is 318 g/mol. The normalized spacial score (nSPS) is 10.8. The quantitative estimate of drug-likeness (QED) is 0.628. The third-order valence-electron chi connectivity index (χ3n) is 3.57. The highest BCUT2D eigenvalue weighted by atomic mass is 16.5. The molecule has 0 aliphatic carbocycles. The molecule has 0 spiro atoms. The molecule has 0 saturated carbocycles. The minimum absolute atomic E-state index is 0.186. The number of aromatic amines is 1. The van der Waals surface area contributed by atoms with Gasteiger partial charge in [-0.1, -0.05) is 24.3 Å². The number of fused-ring (bicyclic) bond motifs is 1. The second-order valence-corrected chi connectivity index (χ2v) is 5.27. The summed E-state index contributed by atoms with van der Waals surface area (Å²) in [6.45, 7) is 0.236. The van der Waals surface area contributed by atoms with Crippen LogP contribution in [-0.2, 0) is 6.61 Å². The fourth-order valence-corrected chi connectivity index (χ4v) is 2.44. The molecule has 4 rings (SSSR count). The molecule has 24 heavy (non-hydrogen) atoms. The SMILES string of the molecule is O=c1cc(COc2ccccc2)nc2cc(-c3ccccn3)[nH]n12. The van der Waals surface area contributed by atoms with Crippen molar-refractivity contribution in [2.75, 3.05) is 0 Å². The summed E-state index contributed by atoms with van der Waals surface area (Å²) in [4.78, 5) is 21.0. The van der Waals surface area contributed by atoms with E-state index in [0.29, 0.717) is 11.3 Å². The van der Waals surface area contributed by atoms with E-state index in [4.69, 9.17) is 4.74 Å². The molecule has 0 bridgehead atoms. The van der Waals surface area contributed by atoms with Crippen molar-refractivity contribution in [3.05, 3.63) is 82.9 Å². The van der Waals surface area contributed by atoms with Crippen molar-refractivity contribution in [2.45, 2.75) is 6.61 Å². The maximum Gasteiger partial charge on any atom is 0.273 e. The number of benzene rings is 1. The minimum Gasteiger partial charge on any atom is -0.487 e. The summed E-state index contributed by atoms with van der Waals surface area (Å²) >= 11 is 0. The van der Waals surface area contributed by atoms with Crippen LogP contribution in [0.4, 0.5) is 0 Å². The van der Waals surface area contributed by atoms with Crippen LogP contribution in [0.5, 0.6) is 5.75 Å². The predicted molar refractivity (Wildman–Crippen MR) is 89.8 cm³/mol. The lowest BCUT2D eigenvalue weighted by Crippen LogP contribution is -2.16. The molecule has 0 saturated heterocycles. The number of pyridine rings is 1. The molecule has 0 aliphatic rings. The zero-order chi connectivity index (χ0) is 16.4. The van der Waals surface area contributed by atoms with Crippen LogP contribution in [0, 0.1) is 0 Å². The van der Waals surface area contributed by atoms with Crippen LogP contribution in [0.15, 0.2) is 71.7 Å². The van der Waals surface area contributed by atoms with Gasteiger partial charge in [-0.15, -0.1) is 0 Å². The van der Waals surface area contributed by atoms with Gasteiger partial charge in [0.05, 0.1) is 17.1 Å². The van der Waals surface area contributed by atoms with Crippen LogP contribution >= 0.6 is 0 Å². The van der Waals surface area contributed by atoms with Crippen molar-refractivity contribution in [3.8, 4) is 17.1 Å². The lowest BCUT2D eigenvalue weighted by Gasteiger charge is -2.05. The van der Waals surface area contributed by atoms with E-state index in [1.54, 1.807) is 12.3 Å². The van der Waals surface area contributed by atoms with Crippen molar-refractivity contribution in [1.82, 2.24) is 19.6 Å². The Labute approximate surface area is 137 Å². The Hall–Kier alpha value is -3.41. The number of nitrogens with zero attached hydrogens (tertiary/aromatic N) is 3. The van der Waals surface area contributed by atoms with E-state index >= 15 is 0 Å². The number of rotatable bonds is 4. The lowest BCUT2D eigenvalue weighted by molar-refractivity contribution is 0.301. The summed E-state index contributed by atoms with van der Waals surface area (Å²) < 4.78 is 7.05. The molecule has 1 aromatic carbocycles. The van der Waals surface area contributed by atoms with Crippen LogP contribution in [-0.4, -0.2) is 19.6 Å². The second kappa shape index (κ2) is 6.00. The molecule has 0 radical (unpaired) electrons. The highest BCUT2D eigenvalue weighted by Crippen LogP contribution is 2.16. The van der Waals surface area contributed by atoms with Crippen molar-refractivity contribution >= 4 is 5.65 Å². The van der Waals surface area contributed by atoms with Gasteiger partial charge in [0.2, 0.25) is 0 Å². The Bertz CT molecular complexity index is 1020. The van der Waals surface area contributed by atoms with Gasteiger partial charge in [-0.3, -0.25) is 14.9 Å². The van der Waals surface area contributed by atoms with E-state index in [1.807, 2.05) is 48.5 Å². The number of ether oxygens (including phenoxy) is 1. The molecule has 0 fully saturated rings. The minimum atomic E-state index is -0.186. The van der Waals surface area contributed by atoms with Crippen LogP contribution < -0.4 is 10.3 Å². The highest BCUT2D eigenvalue weighted by Gasteiger charge is 2.09. The number of hydrogen-bond donors (Lipinski definition) is 1. The molecule has 3 aromatic heterocycles. The molecule has 118 valence electrons. The fourth-order valence-electron chi connectivity index (χ4n) is 2.44. The van der Waals surface area contributed by atoms with Crippen molar-refractivity contribution in [2.24, 2.45) is 0 Å². The van der Waals surface area contributed by atoms with Crippen LogP contribution in [0.2, 0.25) is 0 Å². The van der Waals surface area contributed by atoms with Gasteiger partial charge in [0.25, 0.3) is 5.56 Å². The summed E-state index contributed by atoms with van der Waals surface area (Å²) in [7, 11) is 0. The van der Waals surface area contributed by atoms with Crippen LogP contribution in [0.25, 0.3) is 17.0 Å². The molecular weight excluding hydrogens is 304 g/mol. The first kappa shape index (κ1) is 14.2. The Morgan fingerprint density at radius 3 is 2.67 bits per heavy atom. The molecule has 3 heterocycles. The molecule has 6 heteroatoms. The van der Waals surface area contributed by atoms with Crippen molar-refractivity contribution in [1.29, 1.82) is 0 Å². The van der Waals surface area contributed by atoms with E-state index in [-0.39, 0.29) is 12.2 Å². The van der Waals surface area contributed by atoms with Crippen LogP contribution in [0.1, 0.15) is 5.69 Å². The van der Waals surface area contributed by atoms with E-state index in [1.165, 1.54) is 10.6 Å². The zero-order valence-electron chi connectivity index (χ0n) is 12.7. The van der Waals surface area contributed by atoms with E-state index in [0.717, 1.165) is 17.1 Å². The van der Waals surface area contributed by atoms with Gasteiger partial charge in [0.1, 0.15) is 12.4 Å². The third kappa shape index (κ3) is 2.77. The molecule has 6 nitrogen and oxygen atoms in total. The number of hydrogen-bond acceptors (Lipinski definition) is 4. The molecule has 4 aromatic rings. The molecule has 0 amide bonds. The predicted octanol–water partition coefficient (Wildman–Crippen LogP) is 2.66. The van der Waals surface area contributed by atoms with E-state index < -0.39 is 0 Å². The Morgan fingerprint density at radius 2 is 1.88 bits per heavy atom. The van der Waals surface area contributed by atoms with Gasteiger partial charge >= 0.3 is 0 Å². The number of nitrogens with one attached hydrogen (secondary N) is 1.